The lowest BCUT2D eigenvalue weighted by atomic mass is 10.1. The van der Waals surface area contributed by atoms with Crippen LogP contribution in [0.25, 0.3) is 0 Å². The summed E-state index contributed by atoms with van der Waals surface area (Å²) >= 11 is 2.90. The van der Waals surface area contributed by atoms with Gasteiger partial charge in [-0.2, -0.15) is 0 Å². The summed E-state index contributed by atoms with van der Waals surface area (Å²) in [7, 11) is 0. The topological polar surface area (TPSA) is 68.5 Å². The molecule has 4 aromatic rings. The molecule has 0 aliphatic carbocycles. The van der Waals surface area contributed by atoms with E-state index in [1.807, 2.05) is 73.7 Å². The van der Waals surface area contributed by atoms with Crippen LogP contribution in [-0.4, -0.2) is 21.9 Å². The Labute approximate surface area is 200 Å². The van der Waals surface area contributed by atoms with Crippen molar-refractivity contribution in [3.8, 4) is 5.75 Å². The minimum Gasteiger partial charge on any atom is -0.484 e. The zero-order valence-corrected chi connectivity index (χ0v) is 19.8. The number of anilines is 2. The molecule has 0 fully saturated rings. The molecule has 0 saturated heterocycles. The largest absolute Gasteiger partial charge is 0.484 e. The van der Waals surface area contributed by atoms with E-state index in [9.17, 15) is 4.79 Å². The van der Waals surface area contributed by atoms with Crippen molar-refractivity contribution in [3.63, 3.8) is 0 Å². The summed E-state index contributed by atoms with van der Waals surface area (Å²) in [5.74, 6) is 1.24. The SMILES string of the molecule is Cc1ccc(OCc2nnc(SCC(=O)N3c4ccccc4Sc4ccccc43)o2)cc1C. The first-order chi connectivity index (χ1) is 16.1. The van der Waals surface area contributed by atoms with E-state index in [2.05, 4.69) is 17.1 Å². The lowest BCUT2D eigenvalue weighted by Crippen LogP contribution is -2.29. The summed E-state index contributed by atoms with van der Waals surface area (Å²) in [6.07, 6.45) is 0. The van der Waals surface area contributed by atoms with Gasteiger partial charge < -0.3 is 9.15 Å². The number of rotatable bonds is 6. The highest BCUT2D eigenvalue weighted by atomic mass is 32.2. The number of hydrogen-bond acceptors (Lipinski definition) is 7. The first-order valence-electron chi connectivity index (χ1n) is 10.4. The Morgan fingerprint density at radius 1 is 0.970 bits per heavy atom. The van der Waals surface area contributed by atoms with Crippen LogP contribution in [0.15, 0.2) is 86.2 Å². The zero-order chi connectivity index (χ0) is 22.8. The second-order valence-corrected chi connectivity index (χ2v) is 9.56. The Kier molecular flexibility index (Phi) is 6.11. The van der Waals surface area contributed by atoms with Gasteiger partial charge in [-0.1, -0.05) is 53.9 Å². The number of fused-ring (bicyclic) bond motifs is 2. The molecule has 1 aromatic heterocycles. The number of aryl methyl sites for hydroxylation is 2. The summed E-state index contributed by atoms with van der Waals surface area (Å²) in [5.41, 5.74) is 4.15. The lowest BCUT2D eigenvalue weighted by molar-refractivity contribution is -0.115. The van der Waals surface area contributed by atoms with E-state index < -0.39 is 0 Å². The fourth-order valence-corrected chi connectivity index (χ4v) is 5.15. The van der Waals surface area contributed by atoms with Crippen LogP contribution in [0.1, 0.15) is 17.0 Å². The lowest BCUT2D eigenvalue weighted by Gasteiger charge is -2.30. The summed E-state index contributed by atoms with van der Waals surface area (Å²) in [6.45, 7) is 4.27. The molecule has 0 radical (unpaired) electrons. The van der Waals surface area contributed by atoms with Crippen LogP contribution in [0.5, 0.6) is 5.75 Å². The maximum absolute atomic E-state index is 13.3. The Hall–Kier alpha value is -3.23. The molecule has 0 N–H and O–H groups in total. The molecule has 1 aliphatic heterocycles. The molecule has 1 amide bonds. The van der Waals surface area contributed by atoms with Crippen LogP contribution in [0.3, 0.4) is 0 Å². The van der Waals surface area contributed by atoms with Crippen molar-refractivity contribution < 1.29 is 13.9 Å². The van der Waals surface area contributed by atoms with Crippen LogP contribution in [0.2, 0.25) is 0 Å². The minimum atomic E-state index is -0.0497. The molecule has 0 atom stereocenters. The molecule has 0 spiro atoms. The summed E-state index contributed by atoms with van der Waals surface area (Å²) in [4.78, 5) is 17.1. The highest BCUT2D eigenvalue weighted by molar-refractivity contribution is 8.00. The summed E-state index contributed by atoms with van der Waals surface area (Å²) < 4.78 is 11.4. The summed E-state index contributed by atoms with van der Waals surface area (Å²) in [6, 6.07) is 21.8. The molecular formula is C25H21N3O3S2. The van der Waals surface area contributed by atoms with E-state index in [4.69, 9.17) is 9.15 Å². The third-order valence-corrected chi connectivity index (χ3v) is 7.22. The van der Waals surface area contributed by atoms with E-state index in [-0.39, 0.29) is 18.3 Å². The molecule has 1 aliphatic rings. The van der Waals surface area contributed by atoms with Gasteiger partial charge in [-0.15, -0.1) is 10.2 Å². The van der Waals surface area contributed by atoms with Gasteiger partial charge in [-0.05, 0) is 61.4 Å². The van der Waals surface area contributed by atoms with Gasteiger partial charge in [0.1, 0.15) is 5.75 Å². The molecule has 8 heteroatoms. The van der Waals surface area contributed by atoms with Gasteiger partial charge in [0, 0.05) is 9.79 Å². The van der Waals surface area contributed by atoms with Gasteiger partial charge in [0.05, 0.1) is 17.1 Å². The predicted octanol–water partition coefficient (Wildman–Crippen LogP) is 6.19. The van der Waals surface area contributed by atoms with Crippen molar-refractivity contribution >= 4 is 40.8 Å². The number of benzene rings is 3. The van der Waals surface area contributed by atoms with Crippen molar-refractivity contribution in [1.82, 2.24) is 10.2 Å². The quantitative estimate of drug-likeness (QED) is 0.308. The molecule has 33 heavy (non-hydrogen) atoms. The molecule has 6 nitrogen and oxygen atoms in total. The highest BCUT2D eigenvalue weighted by Gasteiger charge is 2.28. The highest BCUT2D eigenvalue weighted by Crippen LogP contribution is 2.48. The Balaban J connectivity index is 1.25. The third kappa shape index (κ3) is 4.62. The normalized spacial score (nSPS) is 12.2. The first-order valence-corrected chi connectivity index (χ1v) is 12.2. The van der Waals surface area contributed by atoms with Crippen molar-refractivity contribution in [3.05, 3.63) is 83.7 Å². The number of carbonyl (C=O) groups excluding carboxylic acids is 1. The smallest absolute Gasteiger partial charge is 0.277 e. The minimum absolute atomic E-state index is 0.0497. The molecule has 2 heterocycles. The van der Waals surface area contributed by atoms with Gasteiger partial charge in [0.25, 0.3) is 11.1 Å². The van der Waals surface area contributed by atoms with Crippen LogP contribution in [0, 0.1) is 13.8 Å². The second-order valence-electron chi connectivity index (χ2n) is 7.55. The molecule has 3 aromatic carbocycles. The summed E-state index contributed by atoms with van der Waals surface area (Å²) in [5, 5.41) is 8.44. The predicted molar refractivity (Wildman–Crippen MR) is 129 cm³/mol. The van der Waals surface area contributed by atoms with Crippen LogP contribution in [-0.2, 0) is 11.4 Å². The van der Waals surface area contributed by atoms with Crippen molar-refractivity contribution in [2.45, 2.75) is 35.5 Å². The van der Waals surface area contributed by atoms with Gasteiger partial charge in [0.2, 0.25) is 5.91 Å². The molecule has 166 valence electrons. The molecule has 0 bridgehead atoms. The standard InChI is InChI=1S/C25H21N3O3S2/c1-16-11-12-18(13-17(16)2)30-14-23-26-27-25(31-23)32-15-24(29)28-19-7-3-5-9-21(19)33-22-10-6-4-8-20(22)28/h3-13H,14-15H2,1-2H3. The molecular weight excluding hydrogens is 454 g/mol. The molecule has 0 unspecified atom stereocenters. The Morgan fingerprint density at radius 2 is 1.67 bits per heavy atom. The maximum Gasteiger partial charge on any atom is 0.277 e. The van der Waals surface area contributed by atoms with E-state index in [0.29, 0.717) is 11.1 Å². The van der Waals surface area contributed by atoms with E-state index in [1.165, 1.54) is 17.3 Å². The van der Waals surface area contributed by atoms with Crippen LogP contribution in [0.4, 0.5) is 11.4 Å². The van der Waals surface area contributed by atoms with E-state index in [1.54, 1.807) is 16.7 Å². The molecule has 5 rings (SSSR count). The first kappa shape index (κ1) is 21.6. The van der Waals surface area contributed by atoms with Crippen molar-refractivity contribution in [2.24, 2.45) is 0 Å². The van der Waals surface area contributed by atoms with E-state index >= 15 is 0 Å². The number of para-hydroxylation sites is 2. The fourth-order valence-electron chi connectivity index (χ4n) is 3.46. The number of amides is 1. The number of ether oxygens (including phenoxy) is 1. The second kappa shape index (κ2) is 9.33. The van der Waals surface area contributed by atoms with Crippen molar-refractivity contribution in [2.75, 3.05) is 10.7 Å². The van der Waals surface area contributed by atoms with Gasteiger partial charge >= 0.3 is 0 Å². The number of carbonyl (C=O) groups is 1. The van der Waals surface area contributed by atoms with Crippen LogP contribution >= 0.6 is 23.5 Å². The Morgan fingerprint density at radius 3 is 2.36 bits per heavy atom. The van der Waals surface area contributed by atoms with Crippen molar-refractivity contribution in [1.29, 1.82) is 0 Å². The third-order valence-electron chi connectivity index (χ3n) is 5.29. The zero-order valence-electron chi connectivity index (χ0n) is 18.1. The average molecular weight is 476 g/mol. The monoisotopic (exact) mass is 475 g/mol. The average Bonchev–Trinajstić information content (AvgIpc) is 3.29. The Bertz CT molecular complexity index is 1280. The number of thioether (sulfide) groups is 1. The number of nitrogens with zero attached hydrogens (tertiary/aromatic N) is 3. The molecule has 0 saturated carbocycles. The van der Waals surface area contributed by atoms with Gasteiger partial charge in [0.15, 0.2) is 6.61 Å². The van der Waals surface area contributed by atoms with E-state index in [0.717, 1.165) is 32.5 Å². The maximum atomic E-state index is 13.3. The number of hydrogen-bond donors (Lipinski definition) is 0. The number of aromatic nitrogens is 2. The van der Waals surface area contributed by atoms with Crippen LogP contribution < -0.4 is 9.64 Å². The van der Waals surface area contributed by atoms with Gasteiger partial charge in [-0.25, -0.2) is 0 Å². The van der Waals surface area contributed by atoms with Gasteiger partial charge in [-0.3, -0.25) is 9.69 Å². The fraction of sp³-hybridized carbons (Fsp3) is 0.160.